The SMILES string of the molecule is CSc1ccc(Oc2ccnc(N)c2)cc1. The molecule has 0 fully saturated rings. The molecule has 2 rings (SSSR count). The second-order valence-electron chi connectivity index (χ2n) is 3.19. The molecule has 2 aromatic rings. The van der Waals surface area contributed by atoms with Gasteiger partial charge in [-0.15, -0.1) is 11.8 Å². The van der Waals surface area contributed by atoms with Gasteiger partial charge in [0, 0.05) is 17.2 Å². The van der Waals surface area contributed by atoms with Gasteiger partial charge in [0.25, 0.3) is 0 Å². The molecule has 0 aliphatic heterocycles. The summed E-state index contributed by atoms with van der Waals surface area (Å²) in [4.78, 5) is 5.11. The minimum Gasteiger partial charge on any atom is -0.457 e. The second-order valence-corrected chi connectivity index (χ2v) is 4.07. The molecule has 0 aliphatic carbocycles. The number of nitrogens with two attached hydrogens (primary N) is 1. The molecule has 82 valence electrons. The molecule has 3 nitrogen and oxygen atoms in total. The molecule has 2 N–H and O–H groups in total. The number of ether oxygens (including phenoxy) is 1. The minimum atomic E-state index is 0.457. The smallest absolute Gasteiger partial charge is 0.132 e. The van der Waals surface area contributed by atoms with Crippen molar-refractivity contribution in [2.24, 2.45) is 0 Å². The third-order valence-corrected chi connectivity index (χ3v) is 2.79. The largest absolute Gasteiger partial charge is 0.457 e. The Balaban J connectivity index is 2.14. The van der Waals surface area contributed by atoms with Crippen LogP contribution in [0.1, 0.15) is 0 Å². The highest BCUT2D eigenvalue weighted by atomic mass is 32.2. The summed E-state index contributed by atoms with van der Waals surface area (Å²) in [6.45, 7) is 0. The first-order valence-electron chi connectivity index (χ1n) is 4.81. The van der Waals surface area contributed by atoms with Crippen LogP contribution < -0.4 is 10.5 Å². The number of pyridine rings is 1. The molecule has 16 heavy (non-hydrogen) atoms. The molecule has 0 amide bonds. The van der Waals surface area contributed by atoms with Crippen LogP contribution in [-0.2, 0) is 0 Å². The predicted molar refractivity (Wildman–Crippen MR) is 66.9 cm³/mol. The summed E-state index contributed by atoms with van der Waals surface area (Å²) < 4.78 is 5.63. The third-order valence-electron chi connectivity index (χ3n) is 2.05. The number of anilines is 1. The van der Waals surface area contributed by atoms with Crippen LogP contribution in [0.5, 0.6) is 11.5 Å². The zero-order chi connectivity index (χ0) is 11.4. The van der Waals surface area contributed by atoms with E-state index in [1.807, 2.05) is 30.5 Å². The van der Waals surface area contributed by atoms with Crippen molar-refractivity contribution < 1.29 is 4.74 Å². The molecular weight excluding hydrogens is 220 g/mol. The molecule has 0 aliphatic rings. The maximum absolute atomic E-state index is 5.63. The number of nitrogen functional groups attached to an aromatic ring is 1. The van der Waals surface area contributed by atoms with E-state index in [9.17, 15) is 0 Å². The monoisotopic (exact) mass is 232 g/mol. The molecule has 0 saturated heterocycles. The van der Waals surface area contributed by atoms with Crippen molar-refractivity contribution in [2.75, 3.05) is 12.0 Å². The van der Waals surface area contributed by atoms with Gasteiger partial charge in [0.1, 0.15) is 17.3 Å². The number of hydrogen-bond donors (Lipinski definition) is 1. The Hall–Kier alpha value is -1.68. The first-order valence-corrected chi connectivity index (χ1v) is 6.04. The van der Waals surface area contributed by atoms with E-state index in [1.54, 1.807) is 30.1 Å². The molecule has 0 radical (unpaired) electrons. The van der Waals surface area contributed by atoms with E-state index in [0.29, 0.717) is 11.6 Å². The van der Waals surface area contributed by atoms with Crippen molar-refractivity contribution in [3.8, 4) is 11.5 Å². The van der Waals surface area contributed by atoms with E-state index >= 15 is 0 Å². The lowest BCUT2D eigenvalue weighted by Gasteiger charge is -2.06. The zero-order valence-corrected chi connectivity index (χ0v) is 9.70. The van der Waals surface area contributed by atoms with Crippen LogP contribution in [0.25, 0.3) is 0 Å². The van der Waals surface area contributed by atoms with E-state index in [-0.39, 0.29) is 0 Å². The molecule has 1 aromatic heterocycles. The number of benzene rings is 1. The van der Waals surface area contributed by atoms with Crippen molar-refractivity contribution in [1.82, 2.24) is 4.98 Å². The predicted octanol–water partition coefficient (Wildman–Crippen LogP) is 3.18. The summed E-state index contributed by atoms with van der Waals surface area (Å²) in [6, 6.07) is 11.4. The number of rotatable bonds is 3. The molecule has 4 heteroatoms. The molecule has 1 heterocycles. The quantitative estimate of drug-likeness (QED) is 0.826. The van der Waals surface area contributed by atoms with Crippen molar-refractivity contribution in [3.63, 3.8) is 0 Å². The summed E-state index contributed by atoms with van der Waals surface area (Å²) in [5.41, 5.74) is 5.56. The van der Waals surface area contributed by atoms with E-state index in [2.05, 4.69) is 4.98 Å². The van der Waals surface area contributed by atoms with Gasteiger partial charge in [-0.2, -0.15) is 0 Å². The van der Waals surface area contributed by atoms with Crippen molar-refractivity contribution in [3.05, 3.63) is 42.6 Å². The first-order chi connectivity index (χ1) is 7.78. The number of thioether (sulfide) groups is 1. The highest BCUT2D eigenvalue weighted by Crippen LogP contribution is 2.24. The molecular formula is C12H12N2OS. The highest BCUT2D eigenvalue weighted by molar-refractivity contribution is 7.98. The zero-order valence-electron chi connectivity index (χ0n) is 8.88. The van der Waals surface area contributed by atoms with Gasteiger partial charge in [0.15, 0.2) is 0 Å². The summed E-state index contributed by atoms with van der Waals surface area (Å²) in [5, 5.41) is 0. The van der Waals surface area contributed by atoms with Crippen molar-refractivity contribution in [1.29, 1.82) is 0 Å². The van der Waals surface area contributed by atoms with E-state index in [1.165, 1.54) is 4.90 Å². The average molecular weight is 232 g/mol. The van der Waals surface area contributed by atoms with Gasteiger partial charge in [0.05, 0.1) is 0 Å². The Morgan fingerprint density at radius 3 is 2.50 bits per heavy atom. The normalized spacial score (nSPS) is 10.1. The molecule has 0 bridgehead atoms. The van der Waals surface area contributed by atoms with Crippen LogP contribution in [-0.4, -0.2) is 11.2 Å². The fourth-order valence-electron chi connectivity index (χ4n) is 1.27. The topological polar surface area (TPSA) is 48.1 Å². The lowest BCUT2D eigenvalue weighted by Crippen LogP contribution is -1.90. The summed E-state index contributed by atoms with van der Waals surface area (Å²) in [5.74, 6) is 1.95. The first kappa shape index (κ1) is 10.8. The molecule has 0 saturated carbocycles. The van der Waals surface area contributed by atoms with Gasteiger partial charge in [-0.05, 0) is 36.6 Å². The Morgan fingerprint density at radius 1 is 1.12 bits per heavy atom. The van der Waals surface area contributed by atoms with Gasteiger partial charge in [-0.25, -0.2) is 4.98 Å². The Bertz CT molecular complexity index is 471. The van der Waals surface area contributed by atoms with Crippen LogP contribution in [0.3, 0.4) is 0 Å². The standard InChI is InChI=1S/C12H12N2OS/c1-16-11-4-2-9(3-5-11)15-10-6-7-14-12(13)8-10/h2-8H,1H3,(H2,13,14). The summed E-state index contributed by atoms with van der Waals surface area (Å²) >= 11 is 1.70. The lowest BCUT2D eigenvalue weighted by molar-refractivity contribution is 0.482. The molecule has 0 unspecified atom stereocenters. The lowest BCUT2D eigenvalue weighted by atomic mass is 10.3. The van der Waals surface area contributed by atoms with Crippen LogP contribution >= 0.6 is 11.8 Å². The Kier molecular flexibility index (Phi) is 3.31. The molecule has 0 spiro atoms. The van der Waals surface area contributed by atoms with Crippen molar-refractivity contribution >= 4 is 17.6 Å². The van der Waals surface area contributed by atoms with Crippen molar-refractivity contribution in [2.45, 2.75) is 4.90 Å². The van der Waals surface area contributed by atoms with Crippen LogP contribution in [0.4, 0.5) is 5.82 Å². The fraction of sp³-hybridized carbons (Fsp3) is 0.0833. The molecule has 0 atom stereocenters. The second kappa shape index (κ2) is 4.90. The highest BCUT2D eigenvalue weighted by Gasteiger charge is 1.98. The van der Waals surface area contributed by atoms with Crippen LogP contribution in [0, 0.1) is 0 Å². The van der Waals surface area contributed by atoms with Gasteiger partial charge in [-0.1, -0.05) is 0 Å². The van der Waals surface area contributed by atoms with Crippen LogP contribution in [0.2, 0.25) is 0 Å². The molecule has 1 aromatic carbocycles. The number of aromatic nitrogens is 1. The van der Waals surface area contributed by atoms with E-state index < -0.39 is 0 Å². The average Bonchev–Trinajstić information content (AvgIpc) is 2.30. The maximum Gasteiger partial charge on any atom is 0.132 e. The number of nitrogens with zero attached hydrogens (tertiary/aromatic N) is 1. The third kappa shape index (κ3) is 2.67. The van der Waals surface area contributed by atoms with Crippen LogP contribution in [0.15, 0.2) is 47.5 Å². The van der Waals surface area contributed by atoms with E-state index in [4.69, 9.17) is 10.5 Å². The fourth-order valence-corrected chi connectivity index (χ4v) is 1.68. The number of hydrogen-bond acceptors (Lipinski definition) is 4. The summed E-state index contributed by atoms with van der Waals surface area (Å²) in [7, 11) is 0. The Morgan fingerprint density at radius 2 is 1.88 bits per heavy atom. The van der Waals surface area contributed by atoms with E-state index in [0.717, 1.165) is 5.75 Å². The van der Waals surface area contributed by atoms with Gasteiger partial charge >= 0.3 is 0 Å². The minimum absolute atomic E-state index is 0.457. The summed E-state index contributed by atoms with van der Waals surface area (Å²) in [6.07, 6.45) is 3.67. The van der Waals surface area contributed by atoms with Gasteiger partial charge < -0.3 is 10.5 Å². The van der Waals surface area contributed by atoms with Gasteiger partial charge in [-0.3, -0.25) is 0 Å². The van der Waals surface area contributed by atoms with Gasteiger partial charge in [0.2, 0.25) is 0 Å². The Labute approximate surface area is 98.6 Å². The maximum atomic E-state index is 5.63.